The molecule has 1 aromatic heterocycles. The average Bonchev–Trinajstić information content (AvgIpc) is 2.68. The Kier molecular flexibility index (Phi) is 5.41. The predicted molar refractivity (Wildman–Crippen MR) is 101 cm³/mol. The highest BCUT2D eigenvalue weighted by Gasteiger charge is 2.09. The fourth-order valence-corrected chi connectivity index (χ4v) is 2.51. The van der Waals surface area contributed by atoms with Crippen molar-refractivity contribution >= 4 is 17.6 Å². The van der Waals surface area contributed by atoms with Gasteiger partial charge >= 0.3 is 0 Å². The van der Waals surface area contributed by atoms with Gasteiger partial charge in [0.25, 0.3) is 5.91 Å². The first-order valence-electron chi connectivity index (χ1n) is 8.20. The minimum Gasteiger partial charge on any atom is -0.497 e. The van der Waals surface area contributed by atoms with Gasteiger partial charge in [0.2, 0.25) is 5.91 Å². The van der Waals surface area contributed by atoms with Crippen LogP contribution in [0, 0.1) is 0 Å². The van der Waals surface area contributed by atoms with Gasteiger partial charge in [0.15, 0.2) is 0 Å². The van der Waals surface area contributed by atoms with Crippen molar-refractivity contribution in [2.45, 2.75) is 6.42 Å². The van der Waals surface area contributed by atoms with Crippen molar-refractivity contribution in [2.75, 3.05) is 12.4 Å². The summed E-state index contributed by atoms with van der Waals surface area (Å²) in [6.45, 7) is 0. The molecule has 7 nitrogen and oxygen atoms in total. The van der Waals surface area contributed by atoms with Gasteiger partial charge in [-0.2, -0.15) is 0 Å². The van der Waals surface area contributed by atoms with E-state index in [1.165, 1.54) is 6.33 Å². The number of hydrogen-bond donors (Lipinski definition) is 2. The maximum Gasteiger partial charge on any atom is 0.256 e. The van der Waals surface area contributed by atoms with Crippen LogP contribution in [0.1, 0.15) is 15.9 Å². The van der Waals surface area contributed by atoms with E-state index < -0.39 is 5.91 Å². The van der Waals surface area contributed by atoms with E-state index in [1.807, 2.05) is 24.3 Å². The number of rotatable bonds is 6. The van der Waals surface area contributed by atoms with E-state index in [4.69, 9.17) is 10.5 Å². The van der Waals surface area contributed by atoms with Gasteiger partial charge < -0.3 is 15.8 Å². The average molecular weight is 362 g/mol. The number of nitrogens with zero attached hydrogens (tertiary/aromatic N) is 2. The lowest BCUT2D eigenvalue weighted by molar-refractivity contribution is -0.117. The number of primary amides is 1. The Morgan fingerprint density at radius 3 is 2.37 bits per heavy atom. The third-order valence-electron chi connectivity index (χ3n) is 3.89. The number of methoxy groups -OCH3 is 1. The Morgan fingerprint density at radius 2 is 1.74 bits per heavy atom. The minimum atomic E-state index is -0.417. The second kappa shape index (κ2) is 8.09. The standard InChI is InChI=1S/C20H18N4O3/c1-27-16-8-6-14(7-9-16)17-11-19(23-12-22-17)24-20(26)15-4-2-13(3-5-15)10-18(21)25/h2-9,11-12H,10H2,1H3,(H2,21,25)(H,22,23,24,26). The van der Waals surface area contributed by atoms with Crippen LogP contribution in [-0.4, -0.2) is 28.9 Å². The smallest absolute Gasteiger partial charge is 0.256 e. The van der Waals surface area contributed by atoms with Crippen molar-refractivity contribution in [1.29, 1.82) is 0 Å². The molecular weight excluding hydrogens is 344 g/mol. The van der Waals surface area contributed by atoms with Crippen molar-refractivity contribution in [3.8, 4) is 17.0 Å². The van der Waals surface area contributed by atoms with Gasteiger partial charge in [-0.25, -0.2) is 9.97 Å². The number of nitrogens with two attached hydrogens (primary N) is 1. The Labute approximate surface area is 156 Å². The van der Waals surface area contributed by atoms with Gasteiger partial charge in [-0.1, -0.05) is 12.1 Å². The first-order valence-corrected chi connectivity index (χ1v) is 8.20. The van der Waals surface area contributed by atoms with Gasteiger partial charge in [-0.15, -0.1) is 0 Å². The van der Waals surface area contributed by atoms with Gasteiger partial charge in [0.1, 0.15) is 17.9 Å². The number of carbonyl (C=O) groups excluding carboxylic acids is 2. The second-order valence-electron chi connectivity index (χ2n) is 5.81. The molecular formula is C20H18N4O3. The topological polar surface area (TPSA) is 107 Å². The van der Waals surface area contributed by atoms with Crippen LogP contribution >= 0.6 is 0 Å². The molecule has 0 aliphatic rings. The van der Waals surface area contributed by atoms with Crippen molar-refractivity contribution < 1.29 is 14.3 Å². The SMILES string of the molecule is COc1ccc(-c2cc(NC(=O)c3ccc(CC(N)=O)cc3)ncn2)cc1. The highest BCUT2D eigenvalue weighted by Crippen LogP contribution is 2.22. The first-order chi connectivity index (χ1) is 13.0. The molecule has 0 spiro atoms. The Balaban J connectivity index is 1.73. The van der Waals surface area contributed by atoms with Gasteiger partial charge in [0, 0.05) is 17.2 Å². The molecule has 0 atom stereocenters. The van der Waals surface area contributed by atoms with E-state index in [1.54, 1.807) is 37.4 Å². The van der Waals surface area contributed by atoms with Crippen LogP contribution in [0.3, 0.4) is 0 Å². The molecule has 0 saturated heterocycles. The molecule has 0 bridgehead atoms. The molecule has 3 aromatic rings. The summed E-state index contributed by atoms with van der Waals surface area (Å²) in [5.41, 5.74) is 7.93. The second-order valence-corrected chi connectivity index (χ2v) is 5.81. The zero-order chi connectivity index (χ0) is 19.2. The zero-order valence-electron chi connectivity index (χ0n) is 14.7. The summed E-state index contributed by atoms with van der Waals surface area (Å²) in [7, 11) is 1.60. The van der Waals surface area contributed by atoms with Crippen molar-refractivity contribution in [1.82, 2.24) is 9.97 Å². The number of aromatic nitrogens is 2. The van der Waals surface area contributed by atoms with E-state index in [2.05, 4.69) is 15.3 Å². The van der Waals surface area contributed by atoms with Crippen molar-refractivity contribution in [3.05, 3.63) is 72.1 Å². The summed E-state index contributed by atoms with van der Waals surface area (Å²) < 4.78 is 5.14. The largest absolute Gasteiger partial charge is 0.497 e. The highest BCUT2D eigenvalue weighted by molar-refractivity contribution is 6.04. The van der Waals surface area contributed by atoms with Crippen LogP contribution in [0.4, 0.5) is 5.82 Å². The minimum absolute atomic E-state index is 0.138. The zero-order valence-corrected chi connectivity index (χ0v) is 14.7. The maximum absolute atomic E-state index is 12.4. The molecule has 0 saturated carbocycles. The molecule has 0 unspecified atom stereocenters. The van der Waals surface area contributed by atoms with Crippen LogP contribution in [0.5, 0.6) is 5.75 Å². The number of benzene rings is 2. The van der Waals surface area contributed by atoms with E-state index in [-0.39, 0.29) is 12.3 Å². The summed E-state index contributed by atoms with van der Waals surface area (Å²) in [6, 6.07) is 15.8. The van der Waals surface area contributed by atoms with Crippen LogP contribution in [0.15, 0.2) is 60.9 Å². The molecule has 27 heavy (non-hydrogen) atoms. The molecule has 136 valence electrons. The van der Waals surface area contributed by atoms with E-state index in [0.717, 1.165) is 16.9 Å². The van der Waals surface area contributed by atoms with Crippen LogP contribution in [0.2, 0.25) is 0 Å². The lowest BCUT2D eigenvalue weighted by Crippen LogP contribution is -2.15. The lowest BCUT2D eigenvalue weighted by atomic mass is 10.1. The summed E-state index contributed by atoms with van der Waals surface area (Å²) in [6.07, 6.45) is 1.53. The lowest BCUT2D eigenvalue weighted by Gasteiger charge is -2.07. The van der Waals surface area contributed by atoms with Gasteiger partial charge in [0.05, 0.1) is 19.2 Å². The molecule has 7 heteroatoms. The summed E-state index contributed by atoms with van der Waals surface area (Å²) >= 11 is 0. The number of nitrogens with one attached hydrogen (secondary N) is 1. The molecule has 0 aliphatic heterocycles. The Morgan fingerprint density at radius 1 is 1.04 bits per heavy atom. The Hall–Kier alpha value is -3.74. The van der Waals surface area contributed by atoms with E-state index in [0.29, 0.717) is 17.1 Å². The first kappa shape index (κ1) is 18.1. The third-order valence-corrected chi connectivity index (χ3v) is 3.89. The predicted octanol–water partition coefficient (Wildman–Crippen LogP) is 2.43. The van der Waals surface area contributed by atoms with Crippen molar-refractivity contribution in [2.24, 2.45) is 5.73 Å². The van der Waals surface area contributed by atoms with Crippen LogP contribution < -0.4 is 15.8 Å². The van der Waals surface area contributed by atoms with E-state index in [9.17, 15) is 9.59 Å². The van der Waals surface area contributed by atoms with E-state index >= 15 is 0 Å². The number of hydrogen-bond acceptors (Lipinski definition) is 5. The monoisotopic (exact) mass is 362 g/mol. The summed E-state index contributed by atoms with van der Waals surface area (Å²) in [5, 5.41) is 2.74. The molecule has 0 aliphatic carbocycles. The molecule has 3 rings (SSSR count). The molecule has 0 radical (unpaired) electrons. The Bertz CT molecular complexity index is 954. The number of anilines is 1. The molecule has 2 aromatic carbocycles. The molecule has 1 heterocycles. The molecule has 3 N–H and O–H groups in total. The van der Waals surface area contributed by atoms with Crippen LogP contribution in [-0.2, 0) is 11.2 Å². The fraction of sp³-hybridized carbons (Fsp3) is 0.100. The van der Waals surface area contributed by atoms with Gasteiger partial charge in [-0.3, -0.25) is 9.59 Å². The summed E-state index contributed by atoms with van der Waals surface area (Å²) in [4.78, 5) is 31.7. The third kappa shape index (κ3) is 4.66. The number of carbonyl (C=O) groups is 2. The quantitative estimate of drug-likeness (QED) is 0.700. The maximum atomic E-state index is 12.4. The van der Waals surface area contributed by atoms with Crippen LogP contribution in [0.25, 0.3) is 11.3 Å². The normalized spacial score (nSPS) is 10.3. The molecule has 0 fully saturated rings. The molecule has 2 amide bonds. The van der Waals surface area contributed by atoms with Crippen molar-refractivity contribution in [3.63, 3.8) is 0 Å². The highest BCUT2D eigenvalue weighted by atomic mass is 16.5. The van der Waals surface area contributed by atoms with Gasteiger partial charge in [-0.05, 0) is 42.0 Å². The number of ether oxygens (including phenoxy) is 1. The number of amides is 2. The fourth-order valence-electron chi connectivity index (χ4n) is 2.51. The summed E-state index contributed by atoms with van der Waals surface area (Å²) in [5.74, 6) is 0.419.